The second-order valence-corrected chi connectivity index (χ2v) is 8.20. The fourth-order valence-electron chi connectivity index (χ4n) is 3.11. The van der Waals surface area contributed by atoms with Crippen LogP contribution in [0.1, 0.15) is 10.4 Å². The van der Waals surface area contributed by atoms with E-state index in [0.717, 1.165) is 23.2 Å². The summed E-state index contributed by atoms with van der Waals surface area (Å²) in [4.78, 5) is 24.9. The summed E-state index contributed by atoms with van der Waals surface area (Å²) in [6.45, 7) is 0.470. The van der Waals surface area contributed by atoms with Crippen LogP contribution in [-0.4, -0.2) is 36.3 Å². The number of anilines is 1. The maximum atomic E-state index is 11.7. The SMILES string of the molecule is CNc1cccc(-c2ccc(CC3SCNC3C(=O)C=O)s2)c1CN. The highest BCUT2D eigenvalue weighted by Gasteiger charge is 2.33. The summed E-state index contributed by atoms with van der Waals surface area (Å²) in [5.74, 6) is 0.341. The molecule has 0 radical (unpaired) electrons. The number of thioether (sulfide) groups is 1. The molecule has 1 aromatic heterocycles. The molecule has 0 spiro atoms. The normalized spacial score (nSPS) is 19.8. The monoisotopic (exact) mass is 375 g/mol. The van der Waals surface area contributed by atoms with Crippen molar-refractivity contribution in [3.05, 3.63) is 40.8 Å². The lowest BCUT2D eigenvalue weighted by Crippen LogP contribution is -2.39. The third-order valence-corrected chi connectivity index (χ3v) is 6.72. The summed E-state index contributed by atoms with van der Waals surface area (Å²) in [6.07, 6.45) is 1.20. The summed E-state index contributed by atoms with van der Waals surface area (Å²) >= 11 is 3.41. The van der Waals surface area contributed by atoms with Gasteiger partial charge in [0.25, 0.3) is 0 Å². The first-order chi connectivity index (χ1) is 12.2. The number of benzene rings is 1. The third-order valence-electron chi connectivity index (χ3n) is 4.37. The number of thiophene rings is 1. The first kappa shape index (κ1) is 18.1. The summed E-state index contributed by atoms with van der Waals surface area (Å²) < 4.78 is 0. The van der Waals surface area contributed by atoms with Gasteiger partial charge in [0.2, 0.25) is 5.78 Å². The zero-order valence-electron chi connectivity index (χ0n) is 14.0. The second kappa shape index (κ2) is 8.14. The molecule has 25 heavy (non-hydrogen) atoms. The number of nitrogens with two attached hydrogens (primary N) is 1. The number of rotatable bonds is 7. The molecule has 1 fully saturated rings. The first-order valence-corrected chi connectivity index (χ1v) is 9.97. The maximum absolute atomic E-state index is 11.7. The van der Waals surface area contributed by atoms with Gasteiger partial charge in [0.05, 0.1) is 6.04 Å². The van der Waals surface area contributed by atoms with Gasteiger partial charge in [-0.1, -0.05) is 12.1 Å². The van der Waals surface area contributed by atoms with Crippen molar-refractivity contribution in [3.63, 3.8) is 0 Å². The smallest absolute Gasteiger partial charge is 0.213 e. The van der Waals surface area contributed by atoms with Gasteiger partial charge in [0, 0.05) is 40.2 Å². The number of carbonyl (C=O) groups is 2. The molecule has 0 amide bonds. The fourth-order valence-corrected chi connectivity index (χ4v) is 5.54. The number of aldehydes is 1. The molecule has 0 saturated carbocycles. The van der Waals surface area contributed by atoms with Gasteiger partial charge < -0.3 is 11.1 Å². The minimum atomic E-state index is -0.375. The Kier molecular flexibility index (Phi) is 5.90. The number of hydrogen-bond donors (Lipinski definition) is 3. The van der Waals surface area contributed by atoms with Crippen molar-refractivity contribution in [2.75, 3.05) is 18.2 Å². The molecule has 1 aliphatic heterocycles. The number of hydrogen-bond acceptors (Lipinski definition) is 7. The number of nitrogens with one attached hydrogen (secondary N) is 2. The Morgan fingerprint density at radius 1 is 1.40 bits per heavy atom. The van der Waals surface area contributed by atoms with E-state index >= 15 is 0 Å². The molecule has 0 bridgehead atoms. The minimum Gasteiger partial charge on any atom is -0.388 e. The van der Waals surface area contributed by atoms with E-state index in [1.807, 2.05) is 19.2 Å². The van der Waals surface area contributed by atoms with Crippen molar-refractivity contribution in [3.8, 4) is 10.4 Å². The Morgan fingerprint density at radius 2 is 2.24 bits per heavy atom. The van der Waals surface area contributed by atoms with Crippen molar-refractivity contribution >= 4 is 40.9 Å². The predicted octanol–water partition coefficient (Wildman–Crippen LogP) is 2.26. The molecule has 2 aromatic rings. The molecule has 7 heteroatoms. The van der Waals surface area contributed by atoms with E-state index in [0.29, 0.717) is 18.7 Å². The summed E-state index contributed by atoms with van der Waals surface area (Å²) in [5, 5.41) is 6.40. The highest BCUT2D eigenvalue weighted by Crippen LogP contribution is 2.36. The van der Waals surface area contributed by atoms with Crippen LogP contribution in [0.15, 0.2) is 30.3 Å². The molecular formula is C18H21N3O2S2. The zero-order valence-corrected chi connectivity index (χ0v) is 15.6. The summed E-state index contributed by atoms with van der Waals surface area (Å²) in [5.41, 5.74) is 9.24. The van der Waals surface area contributed by atoms with Crippen LogP contribution in [0, 0.1) is 0 Å². The Hall–Kier alpha value is -1.67. The Labute approximate surface area is 155 Å². The average molecular weight is 376 g/mol. The molecule has 4 N–H and O–H groups in total. The topological polar surface area (TPSA) is 84.2 Å². The molecule has 2 atom stereocenters. The lowest BCUT2D eigenvalue weighted by molar-refractivity contribution is -0.131. The Bertz CT molecular complexity index is 775. The Morgan fingerprint density at radius 3 is 2.96 bits per heavy atom. The largest absolute Gasteiger partial charge is 0.388 e. The fraction of sp³-hybridized carbons (Fsp3) is 0.333. The van der Waals surface area contributed by atoms with Crippen LogP contribution in [0.5, 0.6) is 0 Å². The van der Waals surface area contributed by atoms with E-state index in [9.17, 15) is 9.59 Å². The third kappa shape index (κ3) is 3.79. The molecule has 1 saturated heterocycles. The molecule has 0 aliphatic carbocycles. The van der Waals surface area contributed by atoms with Crippen LogP contribution in [0.25, 0.3) is 10.4 Å². The molecule has 5 nitrogen and oxygen atoms in total. The molecule has 3 rings (SSSR count). The molecule has 2 heterocycles. The highest BCUT2D eigenvalue weighted by molar-refractivity contribution is 8.00. The van der Waals surface area contributed by atoms with Gasteiger partial charge in [-0.2, -0.15) is 0 Å². The van der Waals surface area contributed by atoms with E-state index in [1.54, 1.807) is 23.1 Å². The van der Waals surface area contributed by atoms with Gasteiger partial charge >= 0.3 is 0 Å². The zero-order chi connectivity index (χ0) is 17.8. The number of Topliss-reactive ketones (excluding diaryl/α,β-unsaturated/α-hetero) is 1. The molecule has 1 aromatic carbocycles. The molecule has 1 aliphatic rings. The van der Waals surface area contributed by atoms with Gasteiger partial charge in [-0.25, -0.2) is 0 Å². The first-order valence-electron chi connectivity index (χ1n) is 8.10. The van der Waals surface area contributed by atoms with E-state index in [1.165, 1.54) is 9.75 Å². The molecule has 132 valence electrons. The molecule has 2 unspecified atom stereocenters. The van der Waals surface area contributed by atoms with Crippen LogP contribution >= 0.6 is 23.1 Å². The van der Waals surface area contributed by atoms with Crippen molar-refractivity contribution in [2.24, 2.45) is 5.73 Å². The average Bonchev–Trinajstić information content (AvgIpc) is 3.30. The number of carbonyl (C=O) groups excluding carboxylic acids is 2. The lowest BCUT2D eigenvalue weighted by atomic mass is 10.0. The predicted molar refractivity (Wildman–Crippen MR) is 105 cm³/mol. The van der Waals surface area contributed by atoms with Crippen LogP contribution in [0.4, 0.5) is 5.69 Å². The van der Waals surface area contributed by atoms with E-state index in [2.05, 4.69) is 28.8 Å². The van der Waals surface area contributed by atoms with Crippen molar-refractivity contribution in [2.45, 2.75) is 24.3 Å². The van der Waals surface area contributed by atoms with Crippen LogP contribution in [0.2, 0.25) is 0 Å². The van der Waals surface area contributed by atoms with Gasteiger partial charge in [0.15, 0.2) is 6.29 Å². The lowest BCUT2D eigenvalue weighted by Gasteiger charge is -2.14. The van der Waals surface area contributed by atoms with E-state index in [-0.39, 0.29) is 17.1 Å². The van der Waals surface area contributed by atoms with E-state index < -0.39 is 0 Å². The second-order valence-electron chi connectivity index (χ2n) is 5.81. The van der Waals surface area contributed by atoms with Crippen molar-refractivity contribution in [1.82, 2.24) is 5.32 Å². The Balaban J connectivity index is 1.82. The highest BCUT2D eigenvalue weighted by atomic mass is 32.2. The van der Waals surface area contributed by atoms with Crippen LogP contribution < -0.4 is 16.4 Å². The summed E-state index contributed by atoms with van der Waals surface area (Å²) in [7, 11) is 1.90. The quantitative estimate of drug-likeness (QED) is 0.508. The van der Waals surface area contributed by atoms with Gasteiger partial charge in [-0.3, -0.25) is 14.9 Å². The molecular weight excluding hydrogens is 354 g/mol. The standard InChI is InChI=1S/C18H21N3O2S2/c1-20-14-4-2-3-12(13(14)8-19)16-6-5-11(25-16)7-17-18(15(23)9-22)21-10-24-17/h2-6,9,17-18,20-21H,7-8,10,19H2,1H3. The van der Waals surface area contributed by atoms with Gasteiger partial charge in [0.1, 0.15) is 0 Å². The van der Waals surface area contributed by atoms with Gasteiger partial charge in [-0.05, 0) is 35.7 Å². The van der Waals surface area contributed by atoms with Crippen LogP contribution in [0.3, 0.4) is 0 Å². The van der Waals surface area contributed by atoms with Crippen LogP contribution in [-0.2, 0) is 22.6 Å². The maximum Gasteiger partial charge on any atom is 0.213 e. The van der Waals surface area contributed by atoms with Gasteiger partial charge in [-0.15, -0.1) is 23.1 Å². The summed E-state index contributed by atoms with van der Waals surface area (Å²) in [6, 6.07) is 9.97. The van der Waals surface area contributed by atoms with Crippen molar-refractivity contribution in [1.29, 1.82) is 0 Å². The van der Waals surface area contributed by atoms with E-state index in [4.69, 9.17) is 5.73 Å². The van der Waals surface area contributed by atoms with Crippen molar-refractivity contribution < 1.29 is 9.59 Å². The number of ketones is 1. The minimum absolute atomic E-state index is 0.0989.